The van der Waals surface area contributed by atoms with E-state index >= 15 is 0 Å². The van der Waals surface area contributed by atoms with Gasteiger partial charge in [0.1, 0.15) is 11.6 Å². The maximum Gasteiger partial charge on any atom is 0.125 e. The van der Waals surface area contributed by atoms with Crippen LogP contribution in [0.15, 0.2) is 42.5 Å². The molecule has 0 fully saturated rings. The normalized spacial score (nSPS) is 12.2. The maximum absolute atomic E-state index is 12.8. The van der Waals surface area contributed by atoms with Crippen molar-refractivity contribution >= 4 is 11.6 Å². The molecule has 2 nitrogen and oxygen atoms in total. The molecule has 0 aliphatic carbocycles. The van der Waals surface area contributed by atoms with Crippen molar-refractivity contribution in [2.24, 2.45) is 5.73 Å². The number of halogens is 2. The summed E-state index contributed by atoms with van der Waals surface area (Å²) < 4.78 is 18.1. The van der Waals surface area contributed by atoms with Crippen molar-refractivity contribution in [2.45, 2.75) is 12.5 Å². The molecule has 0 bridgehead atoms. The highest BCUT2D eigenvalue weighted by atomic mass is 35.5. The van der Waals surface area contributed by atoms with Gasteiger partial charge < -0.3 is 10.5 Å². The second kappa shape index (κ2) is 6.04. The van der Waals surface area contributed by atoms with E-state index in [-0.39, 0.29) is 11.9 Å². The van der Waals surface area contributed by atoms with E-state index < -0.39 is 0 Å². The topological polar surface area (TPSA) is 35.2 Å². The second-order valence-corrected chi connectivity index (χ2v) is 4.76. The van der Waals surface area contributed by atoms with Crippen molar-refractivity contribution in [2.75, 3.05) is 7.11 Å². The third-order valence-electron chi connectivity index (χ3n) is 2.96. The summed E-state index contributed by atoms with van der Waals surface area (Å²) in [5.74, 6) is 0.420. The van der Waals surface area contributed by atoms with Gasteiger partial charge in [0.15, 0.2) is 0 Å². The van der Waals surface area contributed by atoms with E-state index in [0.29, 0.717) is 17.2 Å². The number of rotatable bonds is 4. The van der Waals surface area contributed by atoms with Gasteiger partial charge in [-0.25, -0.2) is 4.39 Å². The van der Waals surface area contributed by atoms with Crippen LogP contribution in [0.3, 0.4) is 0 Å². The molecule has 19 heavy (non-hydrogen) atoms. The molecule has 0 aromatic heterocycles. The summed E-state index contributed by atoms with van der Waals surface area (Å²) in [6.45, 7) is 0. The molecule has 0 radical (unpaired) electrons. The van der Waals surface area contributed by atoms with Gasteiger partial charge in [-0.3, -0.25) is 0 Å². The van der Waals surface area contributed by atoms with Gasteiger partial charge in [0.05, 0.1) is 7.11 Å². The van der Waals surface area contributed by atoms with Gasteiger partial charge >= 0.3 is 0 Å². The smallest absolute Gasteiger partial charge is 0.125 e. The first-order valence-electron chi connectivity index (χ1n) is 5.93. The second-order valence-electron chi connectivity index (χ2n) is 4.32. The quantitative estimate of drug-likeness (QED) is 0.925. The molecule has 0 heterocycles. The summed E-state index contributed by atoms with van der Waals surface area (Å²) in [5.41, 5.74) is 8.04. The Morgan fingerprint density at radius 3 is 2.53 bits per heavy atom. The van der Waals surface area contributed by atoms with E-state index in [2.05, 4.69) is 0 Å². The van der Waals surface area contributed by atoms with Gasteiger partial charge in [0, 0.05) is 16.6 Å². The van der Waals surface area contributed by atoms with Crippen molar-refractivity contribution < 1.29 is 9.13 Å². The minimum Gasteiger partial charge on any atom is -0.496 e. The van der Waals surface area contributed by atoms with Crippen molar-refractivity contribution in [3.63, 3.8) is 0 Å². The van der Waals surface area contributed by atoms with E-state index in [1.807, 2.05) is 6.07 Å². The molecule has 4 heteroatoms. The van der Waals surface area contributed by atoms with Crippen molar-refractivity contribution in [1.29, 1.82) is 0 Å². The van der Waals surface area contributed by atoms with Crippen molar-refractivity contribution in [1.82, 2.24) is 0 Å². The fourth-order valence-electron chi connectivity index (χ4n) is 1.98. The van der Waals surface area contributed by atoms with Crippen LogP contribution in [0.4, 0.5) is 4.39 Å². The lowest BCUT2D eigenvalue weighted by Crippen LogP contribution is -2.14. The molecule has 1 unspecified atom stereocenters. The molecule has 0 amide bonds. The van der Waals surface area contributed by atoms with E-state index in [9.17, 15) is 4.39 Å². The van der Waals surface area contributed by atoms with Crippen LogP contribution in [0.25, 0.3) is 0 Å². The summed E-state index contributed by atoms with van der Waals surface area (Å²) in [6, 6.07) is 11.5. The maximum atomic E-state index is 12.8. The summed E-state index contributed by atoms with van der Waals surface area (Å²) in [7, 11) is 1.58. The average Bonchev–Trinajstić information content (AvgIpc) is 2.41. The Hall–Kier alpha value is -1.58. The molecule has 0 saturated heterocycles. The van der Waals surface area contributed by atoms with Gasteiger partial charge in [-0.05, 0) is 36.2 Å². The van der Waals surface area contributed by atoms with E-state index in [0.717, 1.165) is 11.1 Å². The third-order valence-corrected chi connectivity index (χ3v) is 3.20. The molecule has 0 saturated carbocycles. The van der Waals surface area contributed by atoms with E-state index in [1.54, 1.807) is 31.4 Å². The Morgan fingerprint density at radius 2 is 1.89 bits per heavy atom. The van der Waals surface area contributed by atoms with Gasteiger partial charge in [0.25, 0.3) is 0 Å². The van der Waals surface area contributed by atoms with Gasteiger partial charge in [-0.1, -0.05) is 29.8 Å². The molecular formula is C15H15ClFNO. The van der Waals surface area contributed by atoms with Crippen molar-refractivity contribution in [3.05, 3.63) is 64.4 Å². The Bertz CT molecular complexity index is 557. The number of nitrogens with two attached hydrogens (primary N) is 1. The standard InChI is InChI=1S/C15H15ClFNO/c1-19-15-9-11(16)4-7-13(15)14(18)8-10-2-5-12(17)6-3-10/h2-7,9,14H,8,18H2,1H3. The zero-order valence-corrected chi connectivity index (χ0v) is 11.3. The zero-order valence-electron chi connectivity index (χ0n) is 10.6. The largest absolute Gasteiger partial charge is 0.496 e. The Kier molecular flexibility index (Phi) is 4.40. The van der Waals surface area contributed by atoms with Crippen LogP contribution in [-0.4, -0.2) is 7.11 Å². The summed E-state index contributed by atoms with van der Waals surface area (Å²) in [6.07, 6.45) is 0.609. The van der Waals surface area contributed by atoms with Crippen LogP contribution in [0.5, 0.6) is 5.75 Å². The number of ether oxygens (including phenoxy) is 1. The van der Waals surface area contributed by atoms with Gasteiger partial charge in [0.2, 0.25) is 0 Å². The van der Waals surface area contributed by atoms with Crippen LogP contribution < -0.4 is 10.5 Å². The minimum absolute atomic E-state index is 0.224. The van der Waals surface area contributed by atoms with E-state index in [4.69, 9.17) is 22.1 Å². The lowest BCUT2D eigenvalue weighted by Gasteiger charge is -2.16. The van der Waals surface area contributed by atoms with Crippen LogP contribution in [0.1, 0.15) is 17.2 Å². The fraction of sp³-hybridized carbons (Fsp3) is 0.200. The SMILES string of the molecule is COc1cc(Cl)ccc1C(N)Cc1ccc(F)cc1. The molecule has 2 N–H and O–H groups in total. The predicted molar refractivity (Wildman–Crippen MR) is 75.0 cm³/mol. The minimum atomic E-state index is -0.249. The number of methoxy groups -OCH3 is 1. The highest BCUT2D eigenvalue weighted by Gasteiger charge is 2.13. The van der Waals surface area contributed by atoms with Gasteiger partial charge in [-0.2, -0.15) is 0 Å². The van der Waals surface area contributed by atoms with Crippen molar-refractivity contribution in [3.8, 4) is 5.75 Å². The molecule has 100 valence electrons. The van der Waals surface area contributed by atoms with Crippen LogP contribution in [0.2, 0.25) is 5.02 Å². The Morgan fingerprint density at radius 1 is 1.21 bits per heavy atom. The first-order valence-corrected chi connectivity index (χ1v) is 6.31. The Balaban J connectivity index is 2.19. The Labute approximate surface area is 117 Å². The summed E-state index contributed by atoms with van der Waals surface area (Å²) in [5, 5.41) is 0.606. The number of benzene rings is 2. The van der Waals surface area contributed by atoms with Crippen LogP contribution >= 0.6 is 11.6 Å². The zero-order chi connectivity index (χ0) is 13.8. The molecule has 1 atom stereocenters. The third kappa shape index (κ3) is 3.46. The number of hydrogen-bond acceptors (Lipinski definition) is 2. The summed E-state index contributed by atoms with van der Waals surface area (Å²) >= 11 is 5.92. The number of hydrogen-bond donors (Lipinski definition) is 1. The fourth-order valence-corrected chi connectivity index (χ4v) is 2.14. The molecule has 0 aliphatic heterocycles. The molecular weight excluding hydrogens is 265 g/mol. The average molecular weight is 280 g/mol. The first-order chi connectivity index (χ1) is 9.10. The highest BCUT2D eigenvalue weighted by molar-refractivity contribution is 6.30. The van der Waals surface area contributed by atoms with Crippen LogP contribution in [-0.2, 0) is 6.42 Å². The molecule has 2 aromatic carbocycles. The van der Waals surface area contributed by atoms with E-state index in [1.165, 1.54) is 12.1 Å². The molecule has 2 rings (SSSR count). The van der Waals surface area contributed by atoms with Crippen LogP contribution in [0, 0.1) is 5.82 Å². The lowest BCUT2D eigenvalue weighted by molar-refractivity contribution is 0.405. The predicted octanol–water partition coefficient (Wildman–Crippen LogP) is 3.73. The molecule has 0 aliphatic rings. The summed E-state index contributed by atoms with van der Waals surface area (Å²) in [4.78, 5) is 0. The molecule has 0 spiro atoms. The first kappa shape index (κ1) is 13.8. The lowest BCUT2D eigenvalue weighted by atomic mass is 9.99. The van der Waals surface area contributed by atoms with Gasteiger partial charge in [-0.15, -0.1) is 0 Å². The highest BCUT2D eigenvalue weighted by Crippen LogP contribution is 2.29. The monoisotopic (exact) mass is 279 g/mol. The molecule has 2 aromatic rings.